The minimum absolute atomic E-state index is 0.0443. The van der Waals surface area contributed by atoms with Gasteiger partial charge in [0, 0.05) is 38.3 Å². The van der Waals surface area contributed by atoms with Crippen LogP contribution >= 0.6 is 0 Å². The highest BCUT2D eigenvalue weighted by Gasteiger charge is 2.44. The molecule has 0 bridgehead atoms. The Morgan fingerprint density at radius 3 is 2.61 bits per heavy atom. The second-order valence-electron chi connectivity index (χ2n) is 6.43. The van der Waals surface area contributed by atoms with Gasteiger partial charge in [0.1, 0.15) is 18.4 Å². The summed E-state index contributed by atoms with van der Waals surface area (Å²) in [5.74, 6) is -0.121. The summed E-state index contributed by atoms with van der Waals surface area (Å²) in [7, 11) is 0. The normalized spacial score (nSPS) is 16.5. The first-order chi connectivity index (χ1) is 13.4. The van der Waals surface area contributed by atoms with Gasteiger partial charge in [0.25, 0.3) is 5.91 Å². The number of piperazine rings is 1. The number of nitrogens with one attached hydrogen (secondary N) is 2. The second-order valence-corrected chi connectivity index (χ2v) is 6.43. The third-order valence-electron chi connectivity index (χ3n) is 4.52. The lowest BCUT2D eigenvalue weighted by Crippen LogP contribution is -2.57. The van der Waals surface area contributed by atoms with Crippen molar-refractivity contribution in [2.75, 3.05) is 32.7 Å². The number of hydrogen-bond acceptors (Lipinski definition) is 5. The lowest BCUT2D eigenvalue weighted by atomic mass is 10.2. The van der Waals surface area contributed by atoms with Gasteiger partial charge in [-0.1, -0.05) is 18.2 Å². The van der Waals surface area contributed by atoms with Gasteiger partial charge in [0.2, 0.25) is 0 Å². The Morgan fingerprint density at radius 2 is 1.93 bits per heavy atom. The van der Waals surface area contributed by atoms with Crippen molar-refractivity contribution in [3.05, 3.63) is 54.0 Å². The number of nitrogens with zero attached hydrogens (tertiary/aromatic N) is 1. The van der Waals surface area contributed by atoms with E-state index in [9.17, 15) is 18.0 Å². The number of hydrogen-bond donors (Lipinski definition) is 2. The van der Waals surface area contributed by atoms with Crippen LogP contribution in [0, 0.1) is 0 Å². The van der Waals surface area contributed by atoms with Gasteiger partial charge in [-0.05, 0) is 18.2 Å². The molecule has 1 aliphatic rings. The van der Waals surface area contributed by atoms with Crippen LogP contribution in [0.5, 0.6) is 5.75 Å². The zero-order valence-corrected chi connectivity index (χ0v) is 15.2. The maximum atomic E-state index is 13.4. The molecule has 1 aromatic heterocycles. The van der Waals surface area contributed by atoms with Crippen molar-refractivity contribution in [1.82, 2.24) is 15.5 Å². The van der Waals surface area contributed by atoms with Crippen molar-refractivity contribution >= 4 is 5.91 Å². The SMILES string of the molecule is O=C(NCC(N1CCNCC1)C(F)(F)F)c1occc1COc1ccccc1. The van der Waals surface area contributed by atoms with Gasteiger partial charge in [-0.2, -0.15) is 13.2 Å². The molecule has 0 saturated carbocycles. The van der Waals surface area contributed by atoms with E-state index < -0.39 is 24.7 Å². The maximum absolute atomic E-state index is 13.4. The summed E-state index contributed by atoms with van der Waals surface area (Å²) in [6.45, 7) is 1.05. The van der Waals surface area contributed by atoms with Crippen LogP contribution in [0.2, 0.25) is 0 Å². The molecule has 1 amide bonds. The number of ether oxygens (including phenoxy) is 1. The van der Waals surface area contributed by atoms with Gasteiger partial charge in [-0.25, -0.2) is 0 Å². The zero-order valence-electron chi connectivity index (χ0n) is 15.2. The Bertz CT molecular complexity index is 759. The third-order valence-corrected chi connectivity index (χ3v) is 4.52. The van der Waals surface area contributed by atoms with Crippen molar-refractivity contribution in [3.8, 4) is 5.75 Å². The summed E-state index contributed by atoms with van der Waals surface area (Å²) in [5, 5.41) is 5.38. The fourth-order valence-electron chi connectivity index (χ4n) is 3.04. The molecule has 0 radical (unpaired) electrons. The topological polar surface area (TPSA) is 66.7 Å². The maximum Gasteiger partial charge on any atom is 0.405 e. The van der Waals surface area contributed by atoms with Crippen LogP contribution in [0.4, 0.5) is 13.2 Å². The summed E-state index contributed by atoms with van der Waals surface area (Å²) >= 11 is 0. The van der Waals surface area contributed by atoms with E-state index in [1.54, 1.807) is 18.2 Å². The molecule has 1 fully saturated rings. The highest BCUT2D eigenvalue weighted by atomic mass is 19.4. The quantitative estimate of drug-likeness (QED) is 0.751. The number of furan rings is 1. The number of carbonyl (C=O) groups is 1. The Kier molecular flexibility index (Phi) is 6.58. The van der Waals surface area contributed by atoms with Crippen molar-refractivity contribution in [3.63, 3.8) is 0 Å². The number of para-hydroxylation sites is 1. The average molecular weight is 397 g/mol. The van der Waals surface area contributed by atoms with Crippen LogP contribution in [0.25, 0.3) is 0 Å². The first-order valence-corrected chi connectivity index (χ1v) is 8.99. The number of rotatable bonds is 7. The Morgan fingerprint density at radius 1 is 1.21 bits per heavy atom. The van der Waals surface area contributed by atoms with E-state index in [1.165, 1.54) is 11.2 Å². The van der Waals surface area contributed by atoms with E-state index in [0.29, 0.717) is 24.4 Å². The fourth-order valence-corrected chi connectivity index (χ4v) is 3.04. The van der Waals surface area contributed by atoms with E-state index in [-0.39, 0.29) is 25.5 Å². The van der Waals surface area contributed by atoms with E-state index in [0.717, 1.165) is 0 Å². The van der Waals surface area contributed by atoms with Gasteiger partial charge in [0.15, 0.2) is 5.76 Å². The largest absolute Gasteiger partial charge is 0.489 e. The molecule has 152 valence electrons. The van der Waals surface area contributed by atoms with Crippen LogP contribution in [0.3, 0.4) is 0 Å². The molecule has 2 N–H and O–H groups in total. The van der Waals surface area contributed by atoms with Crippen LogP contribution < -0.4 is 15.4 Å². The molecule has 1 unspecified atom stereocenters. The van der Waals surface area contributed by atoms with E-state index >= 15 is 0 Å². The van der Waals surface area contributed by atoms with Gasteiger partial charge in [-0.15, -0.1) is 0 Å². The van der Waals surface area contributed by atoms with Crippen LogP contribution in [0.1, 0.15) is 16.1 Å². The van der Waals surface area contributed by atoms with Crippen LogP contribution in [-0.4, -0.2) is 55.7 Å². The van der Waals surface area contributed by atoms with E-state index in [4.69, 9.17) is 9.15 Å². The van der Waals surface area contributed by atoms with Gasteiger partial charge in [-0.3, -0.25) is 9.69 Å². The van der Waals surface area contributed by atoms with Crippen LogP contribution in [-0.2, 0) is 6.61 Å². The summed E-state index contributed by atoms with van der Waals surface area (Å²) in [4.78, 5) is 13.7. The molecule has 2 heterocycles. The summed E-state index contributed by atoms with van der Waals surface area (Å²) in [6.07, 6.45) is -3.12. The molecule has 2 aromatic rings. The van der Waals surface area contributed by atoms with Gasteiger partial charge >= 0.3 is 6.18 Å². The van der Waals surface area contributed by atoms with Crippen molar-refractivity contribution < 1.29 is 27.1 Å². The van der Waals surface area contributed by atoms with E-state index in [1.807, 2.05) is 18.2 Å². The monoisotopic (exact) mass is 397 g/mol. The molecular weight excluding hydrogens is 375 g/mol. The molecule has 1 saturated heterocycles. The first kappa shape index (κ1) is 20.2. The molecule has 0 aliphatic carbocycles. The number of halogens is 3. The standard InChI is InChI=1S/C19H22F3N3O3/c20-19(21,22)16(25-9-7-23-8-10-25)12-24-18(26)17-14(6-11-27-17)13-28-15-4-2-1-3-5-15/h1-6,11,16,23H,7-10,12-13H2,(H,24,26). The Labute approximate surface area is 160 Å². The molecule has 1 aromatic carbocycles. The minimum Gasteiger partial charge on any atom is -0.489 e. The molecular formula is C19H22F3N3O3. The minimum atomic E-state index is -4.44. The van der Waals surface area contributed by atoms with E-state index in [2.05, 4.69) is 10.6 Å². The summed E-state index contributed by atoms with van der Waals surface area (Å²) in [5.41, 5.74) is 0.465. The predicted molar refractivity (Wildman–Crippen MR) is 96.1 cm³/mol. The Hall–Kier alpha value is -2.52. The zero-order chi connectivity index (χ0) is 20.0. The van der Waals surface area contributed by atoms with Gasteiger partial charge in [0.05, 0.1) is 6.26 Å². The number of benzene rings is 1. The number of alkyl halides is 3. The predicted octanol–water partition coefficient (Wildman–Crippen LogP) is 2.42. The molecule has 1 aliphatic heterocycles. The molecule has 3 rings (SSSR count). The molecule has 6 nitrogen and oxygen atoms in total. The molecule has 0 spiro atoms. The summed E-state index contributed by atoms with van der Waals surface area (Å²) < 4.78 is 51.0. The Balaban J connectivity index is 1.60. The number of amides is 1. The third kappa shape index (κ3) is 5.26. The second kappa shape index (κ2) is 9.11. The summed E-state index contributed by atoms with van der Waals surface area (Å²) in [6, 6.07) is 8.83. The highest BCUT2D eigenvalue weighted by molar-refractivity contribution is 5.92. The van der Waals surface area contributed by atoms with Crippen molar-refractivity contribution in [1.29, 1.82) is 0 Å². The average Bonchev–Trinajstić information content (AvgIpc) is 3.16. The van der Waals surface area contributed by atoms with Crippen molar-refractivity contribution in [2.24, 2.45) is 0 Å². The molecule has 9 heteroatoms. The lowest BCUT2D eigenvalue weighted by molar-refractivity contribution is -0.183. The highest BCUT2D eigenvalue weighted by Crippen LogP contribution is 2.25. The lowest BCUT2D eigenvalue weighted by Gasteiger charge is -2.35. The fraction of sp³-hybridized carbons (Fsp3) is 0.421. The molecule has 28 heavy (non-hydrogen) atoms. The van der Waals surface area contributed by atoms with Crippen LogP contribution in [0.15, 0.2) is 47.1 Å². The van der Waals surface area contributed by atoms with Gasteiger partial charge < -0.3 is 19.8 Å². The molecule has 1 atom stereocenters. The first-order valence-electron chi connectivity index (χ1n) is 8.99. The smallest absolute Gasteiger partial charge is 0.405 e. The number of carbonyl (C=O) groups excluding carboxylic acids is 1. The van der Waals surface area contributed by atoms with Crippen molar-refractivity contribution in [2.45, 2.75) is 18.8 Å².